The van der Waals surface area contributed by atoms with Crippen LogP contribution in [0.1, 0.15) is 44.1 Å². The molecular formula is C29H35ClO6Si. The quantitative estimate of drug-likeness (QED) is 0.342. The van der Waals surface area contributed by atoms with E-state index in [1.807, 2.05) is 42.5 Å². The van der Waals surface area contributed by atoms with Crippen LogP contribution in [-0.4, -0.2) is 60.5 Å². The van der Waals surface area contributed by atoms with Crippen molar-refractivity contribution in [3.05, 3.63) is 95.0 Å². The van der Waals surface area contributed by atoms with Crippen molar-refractivity contribution in [1.82, 2.24) is 0 Å². The van der Waals surface area contributed by atoms with Crippen LogP contribution in [-0.2, 0) is 9.16 Å². The third-order valence-electron chi connectivity index (χ3n) is 6.79. The summed E-state index contributed by atoms with van der Waals surface area (Å²) in [6.07, 6.45) is -6.61. The van der Waals surface area contributed by atoms with Crippen LogP contribution in [0.15, 0.2) is 78.9 Å². The summed E-state index contributed by atoms with van der Waals surface area (Å²) < 4.78 is 12.8. The molecule has 3 aromatic carbocycles. The molecule has 1 unspecified atom stereocenters. The summed E-state index contributed by atoms with van der Waals surface area (Å²) in [6.45, 7) is 5.79. The van der Waals surface area contributed by atoms with E-state index in [-0.39, 0.29) is 5.41 Å². The second kappa shape index (κ2) is 11.8. The molecule has 0 bridgehead atoms. The lowest BCUT2D eigenvalue weighted by atomic mass is 9.83. The second-order valence-electron chi connectivity index (χ2n) is 10.6. The fourth-order valence-corrected chi connectivity index (χ4v) is 7.69. The van der Waals surface area contributed by atoms with Crippen molar-refractivity contribution in [1.29, 1.82) is 0 Å². The van der Waals surface area contributed by atoms with E-state index in [0.29, 0.717) is 10.6 Å². The normalized spacial score (nSPS) is 25.3. The van der Waals surface area contributed by atoms with E-state index in [1.54, 1.807) is 12.1 Å². The molecule has 0 radical (unpaired) electrons. The van der Waals surface area contributed by atoms with Gasteiger partial charge in [0.15, 0.2) is 0 Å². The molecule has 1 saturated heterocycles. The van der Waals surface area contributed by atoms with Gasteiger partial charge in [0.25, 0.3) is 0 Å². The predicted molar refractivity (Wildman–Crippen MR) is 147 cm³/mol. The summed E-state index contributed by atoms with van der Waals surface area (Å²) in [5.41, 5.74) is 0.978. The first kappa shape index (κ1) is 27.9. The fourth-order valence-electron chi connectivity index (χ4n) is 4.80. The third-order valence-corrected chi connectivity index (χ3v) is 9.66. The number of benzene rings is 3. The molecule has 198 valence electrons. The average Bonchev–Trinajstić information content (AvgIpc) is 2.89. The molecule has 4 rings (SSSR count). The smallest absolute Gasteiger partial charge is 0.240 e. The first-order valence-corrected chi connectivity index (χ1v) is 14.5. The minimum atomic E-state index is -2.14. The number of ether oxygens (including phenoxy) is 1. The highest BCUT2D eigenvalue weighted by Gasteiger charge is 2.44. The number of aliphatic hydroxyl groups is 4. The van der Waals surface area contributed by atoms with Crippen LogP contribution in [0.25, 0.3) is 0 Å². The van der Waals surface area contributed by atoms with Crippen molar-refractivity contribution in [2.45, 2.75) is 57.4 Å². The monoisotopic (exact) mass is 542 g/mol. The minimum Gasteiger partial charge on any atom is -0.403 e. The van der Waals surface area contributed by atoms with E-state index in [9.17, 15) is 20.4 Å². The highest BCUT2D eigenvalue weighted by molar-refractivity contribution is 6.80. The molecule has 1 fully saturated rings. The van der Waals surface area contributed by atoms with Crippen LogP contribution in [0.4, 0.5) is 0 Å². The molecule has 0 spiro atoms. The lowest BCUT2D eigenvalue weighted by Gasteiger charge is -2.41. The SMILES string of the molecule is CC(C)(C)C(O[SiH](c1ccccc1)c1ccccc1)c1cc([C@@H]2O[C@H](CO)[C@@H](O)[C@H](O)[C@H]2O)ccc1Cl. The Balaban J connectivity index is 1.75. The lowest BCUT2D eigenvalue weighted by molar-refractivity contribution is -0.231. The molecule has 4 N–H and O–H groups in total. The second-order valence-corrected chi connectivity index (χ2v) is 13.4. The van der Waals surface area contributed by atoms with E-state index in [2.05, 4.69) is 45.0 Å². The summed E-state index contributed by atoms with van der Waals surface area (Å²) >= 11 is 6.76. The van der Waals surface area contributed by atoms with Gasteiger partial charge < -0.3 is 29.6 Å². The predicted octanol–water partition coefficient (Wildman–Crippen LogP) is 2.50. The molecule has 37 heavy (non-hydrogen) atoms. The zero-order valence-corrected chi connectivity index (χ0v) is 23.1. The Labute approximate surface area is 224 Å². The van der Waals surface area contributed by atoms with E-state index in [1.165, 1.54) is 0 Å². The van der Waals surface area contributed by atoms with Crippen molar-refractivity contribution in [3.63, 3.8) is 0 Å². The third kappa shape index (κ3) is 6.16. The molecule has 1 aliphatic rings. The molecule has 0 saturated carbocycles. The van der Waals surface area contributed by atoms with E-state index < -0.39 is 52.3 Å². The van der Waals surface area contributed by atoms with Crippen molar-refractivity contribution >= 4 is 31.0 Å². The van der Waals surface area contributed by atoms with E-state index in [4.69, 9.17) is 20.8 Å². The maximum absolute atomic E-state index is 10.7. The Hall–Kier alpha value is -2.07. The number of hydrogen-bond acceptors (Lipinski definition) is 6. The summed E-state index contributed by atoms with van der Waals surface area (Å²) in [5.74, 6) is 0. The Morgan fingerprint density at radius 1 is 0.865 bits per heavy atom. The first-order chi connectivity index (χ1) is 17.6. The maximum atomic E-state index is 10.7. The molecule has 6 nitrogen and oxygen atoms in total. The van der Waals surface area contributed by atoms with Gasteiger partial charge in [-0.2, -0.15) is 0 Å². The first-order valence-electron chi connectivity index (χ1n) is 12.5. The average molecular weight is 543 g/mol. The Morgan fingerprint density at radius 3 is 1.95 bits per heavy atom. The van der Waals surface area contributed by atoms with E-state index in [0.717, 1.165) is 15.9 Å². The van der Waals surface area contributed by atoms with Gasteiger partial charge in [0.1, 0.15) is 30.5 Å². The summed E-state index contributed by atoms with van der Waals surface area (Å²) in [7, 11) is -2.14. The van der Waals surface area contributed by atoms with Gasteiger partial charge in [0.05, 0.1) is 12.7 Å². The van der Waals surface area contributed by atoms with Crippen LogP contribution in [0.3, 0.4) is 0 Å². The molecular weight excluding hydrogens is 508 g/mol. The molecule has 3 aromatic rings. The van der Waals surface area contributed by atoms with Gasteiger partial charge in [-0.1, -0.05) is 99.1 Å². The minimum absolute atomic E-state index is 0.341. The number of hydrogen-bond donors (Lipinski definition) is 4. The summed E-state index contributed by atoms with van der Waals surface area (Å²) in [6, 6.07) is 25.7. The van der Waals surface area contributed by atoms with Crippen LogP contribution in [0.2, 0.25) is 5.02 Å². The topological polar surface area (TPSA) is 99.4 Å². The van der Waals surface area contributed by atoms with Gasteiger partial charge in [-0.25, -0.2) is 0 Å². The molecule has 8 heteroatoms. The number of rotatable bonds is 7. The fraction of sp³-hybridized carbons (Fsp3) is 0.379. The zero-order chi connectivity index (χ0) is 26.7. The summed E-state index contributed by atoms with van der Waals surface area (Å²) in [5, 5.41) is 43.7. The van der Waals surface area contributed by atoms with Crippen molar-refractivity contribution in [3.8, 4) is 0 Å². The zero-order valence-electron chi connectivity index (χ0n) is 21.2. The molecule has 0 amide bonds. The molecule has 0 aliphatic carbocycles. The van der Waals surface area contributed by atoms with Gasteiger partial charge in [-0.15, -0.1) is 0 Å². The van der Waals surface area contributed by atoms with Crippen molar-refractivity contribution < 1.29 is 29.6 Å². The largest absolute Gasteiger partial charge is 0.403 e. The highest BCUT2D eigenvalue weighted by Crippen LogP contribution is 2.42. The van der Waals surface area contributed by atoms with Crippen LogP contribution in [0.5, 0.6) is 0 Å². The van der Waals surface area contributed by atoms with Gasteiger partial charge in [0.2, 0.25) is 9.04 Å². The van der Waals surface area contributed by atoms with Crippen molar-refractivity contribution in [2.24, 2.45) is 5.41 Å². The van der Waals surface area contributed by atoms with Crippen LogP contribution in [0, 0.1) is 5.41 Å². The Kier molecular flexibility index (Phi) is 8.88. The molecule has 1 aliphatic heterocycles. The van der Waals surface area contributed by atoms with Gasteiger partial charge in [-0.05, 0) is 39.0 Å². The number of aliphatic hydroxyl groups excluding tert-OH is 4. The molecule has 6 atom stereocenters. The maximum Gasteiger partial charge on any atom is 0.240 e. The Bertz CT molecular complexity index is 1110. The standard InChI is InChI=1S/C29H35ClO6Si/c1-29(2,3)28(36-37(19-10-6-4-7-11-19)20-12-8-5-9-13-20)21-16-18(14-15-22(21)30)27-26(34)25(33)24(32)23(17-31)35-27/h4-16,23-28,31-34,37H,17H2,1-3H3/t23-,24-,25+,26-,27+,28?/m1/s1. The lowest BCUT2D eigenvalue weighted by Crippen LogP contribution is -2.55. The number of halogens is 1. The van der Waals surface area contributed by atoms with Crippen LogP contribution < -0.4 is 10.4 Å². The van der Waals surface area contributed by atoms with Gasteiger partial charge in [-0.3, -0.25) is 0 Å². The van der Waals surface area contributed by atoms with Gasteiger partial charge >= 0.3 is 0 Å². The molecule has 1 heterocycles. The summed E-state index contributed by atoms with van der Waals surface area (Å²) in [4.78, 5) is 0. The van der Waals surface area contributed by atoms with Crippen LogP contribution >= 0.6 is 11.6 Å². The van der Waals surface area contributed by atoms with E-state index >= 15 is 0 Å². The van der Waals surface area contributed by atoms with Gasteiger partial charge in [0, 0.05) is 5.02 Å². The van der Waals surface area contributed by atoms with Crippen molar-refractivity contribution in [2.75, 3.05) is 6.61 Å². The highest BCUT2D eigenvalue weighted by atomic mass is 35.5. The Morgan fingerprint density at radius 2 is 1.43 bits per heavy atom. The molecule has 0 aromatic heterocycles.